The van der Waals surface area contributed by atoms with E-state index in [0.29, 0.717) is 12.3 Å². The number of phenolic OH excluding ortho intramolecular Hbond substituents is 1. The molecular weight excluding hydrogens is 254 g/mol. The van der Waals surface area contributed by atoms with E-state index in [4.69, 9.17) is 9.47 Å². The molecule has 0 aromatic heterocycles. The molecule has 0 spiro atoms. The molecule has 4 nitrogen and oxygen atoms in total. The van der Waals surface area contributed by atoms with Gasteiger partial charge in [-0.3, -0.25) is 0 Å². The molecule has 0 saturated carbocycles. The van der Waals surface area contributed by atoms with Crippen molar-refractivity contribution in [1.29, 1.82) is 0 Å². The van der Waals surface area contributed by atoms with Gasteiger partial charge < -0.3 is 19.9 Å². The molecule has 1 aliphatic heterocycles. The van der Waals surface area contributed by atoms with E-state index in [-0.39, 0.29) is 12.8 Å². The van der Waals surface area contributed by atoms with Crippen molar-refractivity contribution >= 4 is 0 Å². The molecule has 1 atom stereocenters. The van der Waals surface area contributed by atoms with Crippen LogP contribution < -0.4 is 14.8 Å². The zero-order chi connectivity index (χ0) is 13.9. The summed E-state index contributed by atoms with van der Waals surface area (Å²) in [4.78, 5) is 0. The van der Waals surface area contributed by atoms with Gasteiger partial charge in [-0.2, -0.15) is 0 Å². The molecule has 104 valence electrons. The predicted octanol–water partition coefficient (Wildman–Crippen LogP) is 2.97. The molecule has 0 aliphatic carbocycles. The second-order valence-electron chi connectivity index (χ2n) is 4.81. The molecule has 2 aromatic carbocycles. The number of fused-ring (bicyclic) bond motifs is 1. The van der Waals surface area contributed by atoms with Crippen molar-refractivity contribution in [3.05, 3.63) is 53.6 Å². The average Bonchev–Trinajstić information content (AvgIpc) is 2.94. The Kier molecular flexibility index (Phi) is 3.48. The van der Waals surface area contributed by atoms with Crippen LogP contribution in [0.4, 0.5) is 0 Å². The first kappa shape index (κ1) is 12.8. The normalized spacial score (nSPS) is 14.2. The van der Waals surface area contributed by atoms with Gasteiger partial charge in [0.15, 0.2) is 11.5 Å². The Bertz CT molecular complexity index is 612. The summed E-state index contributed by atoms with van der Waals surface area (Å²) in [5.74, 6) is 1.91. The first-order valence-corrected chi connectivity index (χ1v) is 6.64. The largest absolute Gasteiger partial charge is 0.508 e. The zero-order valence-corrected chi connectivity index (χ0v) is 11.3. The van der Waals surface area contributed by atoms with Crippen LogP contribution in [0.5, 0.6) is 17.2 Å². The Morgan fingerprint density at radius 2 is 2.00 bits per heavy atom. The molecule has 0 saturated heterocycles. The highest BCUT2D eigenvalue weighted by Gasteiger charge is 2.17. The fourth-order valence-electron chi connectivity index (χ4n) is 2.36. The fourth-order valence-corrected chi connectivity index (χ4v) is 2.36. The van der Waals surface area contributed by atoms with Gasteiger partial charge in [-0.25, -0.2) is 0 Å². The van der Waals surface area contributed by atoms with E-state index in [9.17, 15) is 5.11 Å². The molecule has 3 rings (SSSR count). The van der Waals surface area contributed by atoms with Gasteiger partial charge in [-0.05, 0) is 19.1 Å². The highest BCUT2D eigenvalue weighted by molar-refractivity contribution is 5.48. The van der Waals surface area contributed by atoms with Crippen LogP contribution in [0, 0.1) is 0 Å². The maximum absolute atomic E-state index is 9.85. The van der Waals surface area contributed by atoms with Gasteiger partial charge in [0.05, 0.1) is 0 Å². The molecule has 1 aliphatic rings. The summed E-state index contributed by atoms with van der Waals surface area (Å²) in [6.07, 6.45) is 0. The standard InChI is InChI=1S/C16H17NO3/c1-11(13-6-2-3-7-14(13)18)17-9-12-5-4-8-15-16(12)20-10-19-15/h2-8,11,17-18H,9-10H2,1H3. The summed E-state index contributed by atoms with van der Waals surface area (Å²) < 4.78 is 10.8. The lowest BCUT2D eigenvalue weighted by molar-refractivity contribution is 0.173. The monoisotopic (exact) mass is 271 g/mol. The van der Waals surface area contributed by atoms with E-state index < -0.39 is 0 Å². The molecular formula is C16H17NO3. The predicted molar refractivity (Wildman–Crippen MR) is 75.9 cm³/mol. The summed E-state index contributed by atoms with van der Waals surface area (Å²) in [6.45, 7) is 2.96. The smallest absolute Gasteiger partial charge is 0.231 e. The summed E-state index contributed by atoms with van der Waals surface area (Å²) in [5.41, 5.74) is 1.94. The Labute approximate surface area is 118 Å². The molecule has 0 radical (unpaired) electrons. The van der Waals surface area contributed by atoms with E-state index in [2.05, 4.69) is 5.32 Å². The van der Waals surface area contributed by atoms with Gasteiger partial charge >= 0.3 is 0 Å². The average molecular weight is 271 g/mol. The molecule has 1 unspecified atom stereocenters. The van der Waals surface area contributed by atoms with Gasteiger partial charge in [0.2, 0.25) is 6.79 Å². The highest BCUT2D eigenvalue weighted by Crippen LogP contribution is 2.35. The first-order valence-electron chi connectivity index (χ1n) is 6.64. The van der Waals surface area contributed by atoms with Crippen molar-refractivity contribution in [2.75, 3.05) is 6.79 Å². The Morgan fingerprint density at radius 1 is 1.15 bits per heavy atom. The minimum Gasteiger partial charge on any atom is -0.508 e. The van der Waals surface area contributed by atoms with Crippen LogP contribution in [-0.2, 0) is 6.54 Å². The third-order valence-corrected chi connectivity index (χ3v) is 3.48. The van der Waals surface area contributed by atoms with Crippen LogP contribution in [0.2, 0.25) is 0 Å². The zero-order valence-electron chi connectivity index (χ0n) is 11.3. The summed E-state index contributed by atoms with van der Waals surface area (Å²) in [7, 11) is 0. The van der Waals surface area contributed by atoms with E-state index in [1.807, 2.05) is 43.3 Å². The van der Waals surface area contributed by atoms with Crippen LogP contribution >= 0.6 is 0 Å². The third-order valence-electron chi connectivity index (χ3n) is 3.48. The van der Waals surface area contributed by atoms with Crippen molar-refractivity contribution in [3.8, 4) is 17.2 Å². The molecule has 2 aromatic rings. The van der Waals surface area contributed by atoms with Gasteiger partial charge in [-0.1, -0.05) is 30.3 Å². The topological polar surface area (TPSA) is 50.7 Å². The Morgan fingerprint density at radius 3 is 2.85 bits per heavy atom. The lowest BCUT2D eigenvalue weighted by Crippen LogP contribution is -2.18. The van der Waals surface area contributed by atoms with Crippen molar-refractivity contribution in [1.82, 2.24) is 5.32 Å². The van der Waals surface area contributed by atoms with Crippen LogP contribution in [0.1, 0.15) is 24.1 Å². The number of phenols is 1. The molecule has 0 amide bonds. The Balaban J connectivity index is 1.71. The van der Waals surface area contributed by atoms with Crippen LogP contribution in [0.15, 0.2) is 42.5 Å². The quantitative estimate of drug-likeness (QED) is 0.897. The lowest BCUT2D eigenvalue weighted by atomic mass is 10.1. The van der Waals surface area contributed by atoms with Crippen molar-refractivity contribution in [2.24, 2.45) is 0 Å². The number of benzene rings is 2. The van der Waals surface area contributed by atoms with Crippen molar-refractivity contribution < 1.29 is 14.6 Å². The van der Waals surface area contributed by atoms with E-state index in [0.717, 1.165) is 22.6 Å². The van der Waals surface area contributed by atoms with Crippen LogP contribution in [-0.4, -0.2) is 11.9 Å². The van der Waals surface area contributed by atoms with E-state index >= 15 is 0 Å². The molecule has 1 heterocycles. The summed E-state index contributed by atoms with van der Waals surface area (Å²) in [6, 6.07) is 13.3. The number of ether oxygens (including phenoxy) is 2. The summed E-state index contributed by atoms with van der Waals surface area (Å²) in [5, 5.41) is 13.2. The maximum atomic E-state index is 9.85. The van der Waals surface area contributed by atoms with E-state index in [1.54, 1.807) is 6.07 Å². The molecule has 0 bridgehead atoms. The van der Waals surface area contributed by atoms with Gasteiger partial charge in [0, 0.05) is 23.7 Å². The number of hydrogen-bond acceptors (Lipinski definition) is 4. The summed E-state index contributed by atoms with van der Waals surface area (Å²) >= 11 is 0. The Hall–Kier alpha value is -2.20. The third kappa shape index (κ3) is 2.42. The molecule has 20 heavy (non-hydrogen) atoms. The second-order valence-corrected chi connectivity index (χ2v) is 4.81. The SMILES string of the molecule is CC(NCc1cccc2c1OCO2)c1ccccc1O. The maximum Gasteiger partial charge on any atom is 0.231 e. The molecule has 4 heteroatoms. The highest BCUT2D eigenvalue weighted by atomic mass is 16.7. The molecule has 2 N–H and O–H groups in total. The first-order chi connectivity index (χ1) is 9.75. The second kappa shape index (κ2) is 5.43. The van der Waals surface area contributed by atoms with Crippen molar-refractivity contribution in [3.63, 3.8) is 0 Å². The lowest BCUT2D eigenvalue weighted by Gasteiger charge is -2.16. The number of para-hydroxylation sites is 2. The number of nitrogens with one attached hydrogen (secondary N) is 1. The minimum absolute atomic E-state index is 0.0503. The number of hydrogen-bond donors (Lipinski definition) is 2. The van der Waals surface area contributed by atoms with Crippen LogP contribution in [0.25, 0.3) is 0 Å². The number of aromatic hydroxyl groups is 1. The van der Waals surface area contributed by atoms with Crippen LogP contribution in [0.3, 0.4) is 0 Å². The number of rotatable bonds is 4. The fraction of sp³-hybridized carbons (Fsp3) is 0.250. The molecule has 0 fully saturated rings. The van der Waals surface area contributed by atoms with E-state index in [1.165, 1.54) is 0 Å². The van der Waals surface area contributed by atoms with Gasteiger partial charge in [0.1, 0.15) is 5.75 Å². The van der Waals surface area contributed by atoms with Gasteiger partial charge in [0.25, 0.3) is 0 Å². The minimum atomic E-state index is 0.0503. The van der Waals surface area contributed by atoms with Crippen molar-refractivity contribution in [2.45, 2.75) is 19.5 Å². The van der Waals surface area contributed by atoms with Gasteiger partial charge in [-0.15, -0.1) is 0 Å².